The van der Waals surface area contributed by atoms with E-state index >= 15 is 0 Å². The molecule has 0 spiro atoms. The molecule has 4 aromatic rings. The number of nitrogens with one attached hydrogen (secondary N) is 2. The fraction of sp³-hybridized carbons (Fsp3) is 0.425. The van der Waals surface area contributed by atoms with Crippen molar-refractivity contribution in [2.45, 2.75) is 57.4 Å². The van der Waals surface area contributed by atoms with Crippen molar-refractivity contribution in [2.75, 3.05) is 44.2 Å². The monoisotopic (exact) mass is 679 g/mol. The van der Waals surface area contributed by atoms with Crippen molar-refractivity contribution in [3.05, 3.63) is 101 Å². The summed E-state index contributed by atoms with van der Waals surface area (Å²) in [5.41, 5.74) is 4.71. The molecule has 1 aromatic heterocycles. The second kappa shape index (κ2) is 15.2. The first kappa shape index (κ1) is 33.4. The molecule has 2 fully saturated rings. The van der Waals surface area contributed by atoms with Crippen LogP contribution in [0.4, 0.5) is 5.69 Å². The summed E-state index contributed by atoms with van der Waals surface area (Å²) in [4.78, 5) is 50.9. The Morgan fingerprint density at radius 2 is 1.65 bits per heavy atom. The van der Waals surface area contributed by atoms with E-state index in [2.05, 4.69) is 21.3 Å². The van der Waals surface area contributed by atoms with E-state index in [1.54, 1.807) is 0 Å². The number of halogens is 1. The van der Waals surface area contributed by atoms with E-state index in [4.69, 9.17) is 11.6 Å². The Bertz CT molecular complexity index is 1780. The Morgan fingerprint density at radius 3 is 2.45 bits per heavy atom. The van der Waals surface area contributed by atoms with Gasteiger partial charge in [-0.3, -0.25) is 14.4 Å². The highest BCUT2D eigenvalue weighted by atomic mass is 35.5. The van der Waals surface area contributed by atoms with Crippen LogP contribution in [-0.4, -0.2) is 77.8 Å². The maximum absolute atomic E-state index is 14.7. The minimum Gasteiger partial charge on any atom is -0.361 e. The van der Waals surface area contributed by atoms with Gasteiger partial charge in [0.2, 0.25) is 11.8 Å². The fourth-order valence-corrected chi connectivity index (χ4v) is 8.27. The van der Waals surface area contributed by atoms with Gasteiger partial charge in [-0.1, -0.05) is 48.0 Å². The van der Waals surface area contributed by atoms with Crippen LogP contribution >= 0.6 is 11.6 Å². The fourth-order valence-electron chi connectivity index (χ4n) is 8.07. The zero-order chi connectivity index (χ0) is 33.7. The van der Waals surface area contributed by atoms with Crippen molar-refractivity contribution in [1.82, 2.24) is 20.1 Å². The lowest BCUT2D eigenvalue weighted by atomic mass is 9.90. The van der Waals surface area contributed by atoms with Crippen molar-refractivity contribution in [3.8, 4) is 0 Å². The molecule has 2 atom stereocenters. The standard InChI is InChI=1S/C40H46ClN5O3/c41-33-13-14-37-31(23-33)22-29(26-44-18-6-7-19-44)27-46(37)40(49)36(24-32-25-42-35-11-5-4-10-34(32)35)43-38(47)15-12-28-16-20-45(21-17-28)39(48)30-8-2-1-3-9-30/h1-5,8-11,13-14,23,25,28-29,36,42H,6-7,12,15-22,24,26-27H2,(H,43,47)/t29-,36-/m1/s1. The van der Waals surface area contributed by atoms with Crippen molar-refractivity contribution < 1.29 is 14.4 Å². The average molecular weight is 680 g/mol. The van der Waals surface area contributed by atoms with Crippen LogP contribution in [0.25, 0.3) is 10.9 Å². The van der Waals surface area contributed by atoms with Crippen LogP contribution in [0.1, 0.15) is 60.0 Å². The Kier molecular flexibility index (Phi) is 10.3. The van der Waals surface area contributed by atoms with Gasteiger partial charge in [-0.15, -0.1) is 0 Å². The summed E-state index contributed by atoms with van der Waals surface area (Å²) in [5, 5.41) is 4.92. The Morgan fingerprint density at radius 1 is 0.898 bits per heavy atom. The molecule has 9 heteroatoms. The van der Waals surface area contributed by atoms with Crippen molar-refractivity contribution in [3.63, 3.8) is 0 Å². The molecule has 0 aliphatic carbocycles. The lowest BCUT2D eigenvalue weighted by molar-refractivity contribution is -0.127. The second-order valence-corrected chi connectivity index (χ2v) is 14.6. The normalized spacial score (nSPS) is 19.2. The molecule has 4 heterocycles. The number of para-hydroxylation sites is 1. The highest BCUT2D eigenvalue weighted by molar-refractivity contribution is 6.30. The molecule has 49 heavy (non-hydrogen) atoms. The number of aromatic nitrogens is 1. The third-order valence-corrected chi connectivity index (χ3v) is 10.9. The maximum atomic E-state index is 14.7. The number of fused-ring (bicyclic) bond motifs is 2. The Labute approximate surface area is 293 Å². The molecule has 0 radical (unpaired) electrons. The number of H-pyrrole nitrogens is 1. The molecule has 2 saturated heterocycles. The average Bonchev–Trinajstić information content (AvgIpc) is 3.80. The molecular weight excluding hydrogens is 634 g/mol. The lowest BCUT2D eigenvalue weighted by Crippen LogP contribution is -2.53. The summed E-state index contributed by atoms with van der Waals surface area (Å²) in [7, 11) is 0. The molecule has 0 unspecified atom stereocenters. The van der Waals surface area contributed by atoms with Crippen molar-refractivity contribution in [2.24, 2.45) is 11.8 Å². The van der Waals surface area contributed by atoms with Gasteiger partial charge in [0, 0.05) is 72.4 Å². The highest BCUT2D eigenvalue weighted by Crippen LogP contribution is 2.34. The van der Waals surface area contributed by atoms with Gasteiger partial charge in [-0.05, 0) is 111 Å². The van der Waals surface area contributed by atoms with Crippen LogP contribution in [0.3, 0.4) is 0 Å². The predicted molar refractivity (Wildman–Crippen MR) is 195 cm³/mol. The van der Waals surface area contributed by atoms with E-state index in [1.807, 2.05) is 82.7 Å². The first-order valence-corrected chi connectivity index (χ1v) is 18.3. The summed E-state index contributed by atoms with van der Waals surface area (Å²) < 4.78 is 0. The number of piperidine rings is 1. The largest absolute Gasteiger partial charge is 0.361 e. The number of hydrogen-bond acceptors (Lipinski definition) is 4. The summed E-state index contributed by atoms with van der Waals surface area (Å²) in [6.07, 6.45) is 8.50. The first-order chi connectivity index (χ1) is 23.9. The SMILES string of the molecule is O=C(CCC1CCN(C(=O)c2ccccc2)CC1)N[C@H](Cc1c[nH]c2ccccc12)C(=O)N1C[C@@H](CN2CCCC2)Cc2cc(Cl)ccc21. The third-order valence-electron chi connectivity index (χ3n) is 10.7. The summed E-state index contributed by atoms with van der Waals surface area (Å²) in [6, 6.07) is 22.6. The molecular formula is C40H46ClN5O3. The molecule has 7 rings (SSSR count). The summed E-state index contributed by atoms with van der Waals surface area (Å²) in [5.74, 6) is 0.527. The lowest BCUT2D eigenvalue weighted by Gasteiger charge is -2.38. The first-order valence-electron chi connectivity index (χ1n) is 17.9. The minimum absolute atomic E-state index is 0.0691. The molecule has 8 nitrogen and oxygen atoms in total. The molecule has 0 bridgehead atoms. The maximum Gasteiger partial charge on any atom is 0.253 e. The Balaban J connectivity index is 1.05. The molecule has 2 N–H and O–H groups in total. The number of likely N-dealkylation sites (tertiary alicyclic amines) is 2. The van der Waals surface area contributed by atoms with Crippen molar-refractivity contribution in [1.29, 1.82) is 0 Å². The third kappa shape index (κ3) is 7.86. The quantitative estimate of drug-likeness (QED) is 0.201. The zero-order valence-electron chi connectivity index (χ0n) is 28.1. The van der Waals surface area contributed by atoms with Gasteiger partial charge in [-0.2, -0.15) is 0 Å². The number of carbonyl (C=O) groups excluding carboxylic acids is 3. The van der Waals surface area contributed by atoms with Crippen LogP contribution in [-0.2, 0) is 22.4 Å². The molecule has 3 aromatic carbocycles. The topological polar surface area (TPSA) is 88.8 Å². The number of anilines is 1. The molecule has 3 amide bonds. The number of nitrogens with zero attached hydrogens (tertiary/aromatic N) is 3. The van der Waals surface area contributed by atoms with E-state index < -0.39 is 6.04 Å². The summed E-state index contributed by atoms with van der Waals surface area (Å²) >= 11 is 6.46. The van der Waals surface area contributed by atoms with Gasteiger partial charge in [0.25, 0.3) is 5.91 Å². The van der Waals surface area contributed by atoms with E-state index in [0.717, 1.165) is 73.0 Å². The van der Waals surface area contributed by atoms with Gasteiger partial charge >= 0.3 is 0 Å². The number of aromatic amines is 1. The van der Waals surface area contributed by atoms with Gasteiger partial charge < -0.3 is 25.0 Å². The van der Waals surface area contributed by atoms with Crippen molar-refractivity contribution >= 4 is 45.9 Å². The predicted octanol–water partition coefficient (Wildman–Crippen LogP) is 6.48. The number of carbonyl (C=O) groups is 3. The zero-order valence-corrected chi connectivity index (χ0v) is 28.8. The number of rotatable bonds is 10. The van der Waals surface area contributed by atoms with E-state index in [1.165, 1.54) is 12.8 Å². The number of hydrogen-bond donors (Lipinski definition) is 2. The van der Waals surface area contributed by atoms with E-state index in [-0.39, 0.29) is 23.6 Å². The van der Waals surface area contributed by atoms with Crippen LogP contribution in [0.15, 0.2) is 79.0 Å². The molecule has 3 aliphatic rings. The molecule has 256 valence electrons. The second-order valence-electron chi connectivity index (χ2n) is 14.1. The van der Waals surface area contributed by atoms with E-state index in [0.29, 0.717) is 49.0 Å². The highest BCUT2D eigenvalue weighted by Gasteiger charge is 2.35. The van der Waals surface area contributed by atoms with Gasteiger partial charge in [0.15, 0.2) is 0 Å². The molecule has 0 saturated carbocycles. The van der Waals surface area contributed by atoms with Gasteiger partial charge in [-0.25, -0.2) is 0 Å². The number of amides is 3. The Hall–Kier alpha value is -4.14. The van der Waals surface area contributed by atoms with Crippen LogP contribution < -0.4 is 10.2 Å². The van der Waals surface area contributed by atoms with Gasteiger partial charge in [0.05, 0.1) is 0 Å². The minimum atomic E-state index is -0.717. The van der Waals surface area contributed by atoms with Crippen LogP contribution in [0.5, 0.6) is 0 Å². The smallest absolute Gasteiger partial charge is 0.253 e. The van der Waals surface area contributed by atoms with Gasteiger partial charge in [0.1, 0.15) is 6.04 Å². The van der Waals surface area contributed by atoms with E-state index in [9.17, 15) is 14.4 Å². The molecule has 3 aliphatic heterocycles. The summed E-state index contributed by atoms with van der Waals surface area (Å²) in [6.45, 7) is 5.16. The van der Waals surface area contributed by atoms with Crippen LogP contribution in [0, 0.1) is 11.8 Å². The van der Waals surface area contributed by atoms with Crippen LogP contribution in [0.2, 0.25) is 5.02 Å². The number of benzene rings is 3.